The van der Waals surface area contributed by atoms with Gasteiger partial charge in [-0.1, -0.05) is 0 Å². The summed E-state index contributed by atoms with van der Waals surface area (Å²) in [5.74, 6) is 1.36. The number of nitrogens with zero attached hydrogens (tertiary/aromatic N) is 1. The number of hydrogen-bond donors (Lipinski definition) is 0. The Balaban J connectivity index is 0.000000163. The summed E-state index contributed by atoms with van der Waals surface area (Å²) in [7, 11) is 1.84. The Bertz CT molecular complexity index is 505. The van der Waals surface area contributed by atoms with Gasteiger partial charge in [0.25, 0.3) is 0 Å². The zero-order valence-corrected chi connectivity index (χ0v) is 11.3. The first-order chi connectivity index (χ1) is 9.08. The van der Waals surface area contributed by atoms with E-state index >= 15 is 0 Å². The summed E-state index contributed by atoms with van der Waals surface area (Å²) in [5, 5.41) is 0. The number of ether oxygens (including phenoxy) is 2. The fourth-order valence-electron chi connectivity index (χ4n) is 1.76. The molecule has 0 N–H and O–H groups in total. The molecule has 19 heavy (non-hydrogen) atoms. The lowest BCUT2D eigenvalue weighted by Crippen LogP contribution is -2.17. The van der Waals surface area contributed by atoms with E-state index in [0.29, 0.717) is 17.4 Å². The molecule has 2 aliphatic rings. The van der Waals surface area contributed by atoms with Gasteiger partial charge in [0.1, 0.15) is 0 Å². The summed E-state index contributed by atoms with van der Waals surface area (Å²) in [5.41, 5.74) is 0. The number of benzene rings is 1. The van der Waals surface area contributed by atoms with Gasteiger partial charge in [-0.25, -0.2) is 0 Å². The highest BCUT2D eigenvalue weighted by Crippen LogP contribution is 2.33. The van der Waals surface area contributed by atoms with Crippen molar-refractivity contribution in [1.82, 2.24) is 4.90 Å². The van der Waals surface area contributed by atoms with Crippen LogP contribution in [0.1, 0.15) is 12.8 Å². The standard InChI is InChI=1S/C7H6O4S.C5H9NO/c8-12(9)5-1-2-6-7(3-5)11-4-10-6;1-6-4-2-3-5(6)7/h1-3H,4H2,(H,8,9);2-4H2,1H3/p-1. The van der Waals surface area contributed by atoms with Crippen molar-refractivity contribution in [3.05, 3.63) is 18.2 Å². The topological polar surface area (TPSA) is 78.9 Å². The number of hydrogen-bond acceptors (Lipinski definition) is 5. The van der Waals surface area contributed by atoms with Crippen molar-refractivity contribution >= 4 is 17.0 Å². The monoisotopic (exact) mass is 284 g/mol. The predicted molar refractivity (Wildman–Crippen MR) is 66.6 cm³/mol. The molecule has 2 heterocycles. The van der Waals surface area contributed by atoms with E-state index in [2.05, 4.69) is 0 Å². The number of fused-ring (bicyclic) bond motifs is 1. The van der Waals surface area contributed by atoms with E-state index in [1.54, 1.807) is 11.0 Å². The molecule has 1 aromatic rings. The Morgan fingerprint density at radius 2 is 2.05 bits per heavy atom. The summed E-state index contributed by atoms with van der Waals surface area (Å²) in [4.78, 5) is 12.5. The normalized spacial score (nSPS) is 18.0. The Labute approximate surface area is 113 Å². The molecule has 0 aliphatic carbocycles. The first kappa shape index (κ1) is 13.8. The predicted octanol–water partition coefficient (Wildman–Crippen LogP) is 0.892. The maximum absolute atomic E-state index is 10.5. The SMILES string of the molecule is CN1CCCC1=O.O=S([O-])c1ccc2c(c1)OCO2. The second-order valence-corrected chi connectivity index (χ2v) is 5.11. The van der Waals surface area contributed by atoms with Gasteiger partial charge in [-0.15, -0.1) is 0 Å². The van der Waals surface area contributed by atoms with Crippen LogP contribution >= 0.6 is 0 Å². The van der Waals surface area contributed by atoms with Crippen LogP contribution in [0.15, 0.2) is 23.1 Å². The van der Waals surface area contributed by atoms with Crippen LogP contribution in [0, 0.1) is 0 Å². The molecule has 0 spiro atoms. The molecular weight excluding hydrogens is 270 g/mol. The summed E-state index contributed by atoms with van der Waals surface area (Å²) in [6.45, 7) is 1.11. The first-order valence-electron chi connectivity index (χ1n) is 5.81. The van der Waals surface area contributed by atoms with E-state index < -0.39 is 11.1 Å². The maximum Gasteiger partial charge on any atom is 0.231 e. The van der Waals surface area contributed by atoms with E-state index in [-0.39, 0.29) is 11.7 Å². The van der Waals surface area contributed by atoms with Crippen LogP contribution in [0.25, 0.3) is 0 Å². The zero-order valence-electron chi connectivity index (χ0n) is 10.5. The summed E-state index contributed by atoms with van der Waals surface area (Å²) >= 11 is -2.21. The molecular formula is C12H14NO5S-. The van der Waals surface area contributed by atoms with Gasteiger partial charge in [0.05, 0.1) is 0 Å². The highest BCUT2D eigenvalue weighted by molar-refractivity contribution is 7.79. The molecule has 104 valence electrons. The van der Waals surface area contributed by atoms with Crippen LogP contribution in [0.4, 0.5) is 0 Å². The Kier molecular flexibility index (Phi) is 4.39. The molecule has 2 aliphatic heterocycles. The number of likely N-dealkylation sites (tertiary alicyclic amines) is 1. The highest BCUT2D eigenvalue weighted by Gasteiger charge is 2.14. The van der Waals surface area contributed by atoms with Gasteiger partial charge >= 0.3 is 0 Å². The van der Waals surface area contributed by atoms with Crippen molar-refractivity contribution < 1.29 is 23.0 Å². The first-order valence-corrected chi connectivity index (χ1v) is 6.88. The third kappa shape index (κ3) is 3.45. The number of carbonyl (C=O) groups is 1. The molecule has 0 saturated carbocycles. The van der Waals surface area contributed by atoms with Crippen LogP contribution in [0.2, 0.25) is 0 Å². The second-order valence-electron chi connectivity index (χ2n) is 4.17. The van der Waals surface area contributed by atoms with Crippen LogP contribution in [-0.2, 0) is 15.9 Å². The van der Waals surface area contributed by atoms with Crippen LogP contribution in [0.5, 0.6) is 11.5 Å². The lowest BCUT2D eigenvalue weighted by molar-refractivity contribution is -0.126. The number of rotatable bonds is 1. The molecule has 1 amide bonds. The van der Waals surface area contributed by atoms with Gasteiger partial charge in [0.15, 0.2) is 11.5 Å². The van der Waals surface area contributed by atoms with E-state index in [1.807, 2.05) is 7.05 Å². The Morgan fingerprint density at radius 1 is 1.32 bits per heavy atom. The van der Waals surface area contributed by atoms with Gasteiger partial charge in [0.2, 0.25) is 12.7 Å². The summed E-state index contributed by atoms with van der Waals surface area (Å²) < 4.78 is 31.0. The third-order valence-corrected chi connectivity index (χ3v) is 3.49. The Morgan fingerprint density at radius 3 is 2.58 bits per heavy atom. The van der Waals surface area contributed by atoms with Crippen LogP contribution in [0.3, 0.4) is 0 Å². The van der Waals surface area contributed by atoms with Crippen molar-refractivity contribution in [2.75, 3.05) is 20.4 Å². The molecule has 1 aromatic carbocycles. The highest BCUT2D eigenvalue weighted by atomic mass is 32.2. The zero-order chi connectivity index (χ0) is 13.8. The average Bonchev–Trinajstić information content (AvgIpc) is 2.99. The molecule has 6 nitrogen and oxygen atoms in total. The fourth-order valence-corrected chi connectivity index (χ4v) is 2.15. The van der Waals surface area contributed by atoms with E-state index in [0.717, 1.165) is 19.4 Å². The van der Waals surface area contributed by atoms with Gasteiger partial charge in [-0.2, -0.15) is 0 Å². The maximum atomic E-state index is 10.5. The van der Waals surface area contributed by atoms with Crippen molar-refractivity contribution in [3.8, 4) is 11.5 Å². The quantitative estimate of drug-likeness (QED) is 0.716. The molecule has 0 bridgehead atoms. The minimum atomic E-state index is -2.21. The lowest BCUT2D eigenvalue weighted by atomic mass is 10.3. The van der Waals surface area contributed by atoms with Gasteiger partial charge in [0, 0.05) is 24.9 Å². The summed E-state index contributed by atoms with van der Waals surface area (Å²) in [6, 6.07) is 4.48. The van der Waals surface area contributed by atoms with Crippen molar-refractivity contribution in [2.24, 2.45) is 0 Å². The van der Waals surface area contributed by atoms with E-state index in [9.17, 15) is 13.6 Å². The van der Waals surface area contributed by atoms with Crippen LogP contribution in [-0.4, -0.2) is 40.0 Å². The molecule has 0 aromatic heterocycles. The third-order valence-electron chi connectivity index (χ3n) is 2.85. The molecule has 1 saturated heterocycles. The summed E-state index contributed by atoms with van der Waals surface area (Å²) in [6.07, 6.45) is 1.81. The molecule has 1 fully saturated rings. The van der Waals surface area contributed by atoms with Crippen molar-refractivity contribution in [1.29, 1.82) is 0 Å². The lowest BCUT2D eigenvalue weighted by Gasteiger charge is -2.04. The molecule has 1 atom stereocenters. The van der Waals surface area contributed by atoms with E-state index in [1.165, 1.54) is 12.1 Å². The average molecular weight is 284 g/mol. The van der Waals surface area contributed by atoms with Gasteiger partial charge in [-0.05, 0) is 35.7 Å². The Hall–Kier alpha value is -1.60. The number of amides is 1. The van der Waals surface area contributed by atoms with Crippen molar-refractivity contribution in [2.45, 2.75) is 17.7 Å². The van der Waals surface area contributed by atoms with Gasteiger partial charge < -0.3 is 18.9 Å². The van der Waals surface area contributed by atoms with E-state index in [4.69, 9.17) is 9.47 Å². The largest absolute Gasteiger partial charge is 0.768 e. The smallest absolute Gasteiger partial charge is 0.231 e. The van der Waals surface area contributed by atoms with Crippen LogP contribution < -0.4 is 9.47 Å². The molecule has 3 rings (SSSR count). The molecule has 0 radical (unpaired) electrons. The number of carbonyl (C=O) groups excluding carboxylic acids is 1. The van der Waals surface area contributed by atoms with Crippen molar-refractivity contribution in [3.63, 3.8) is 0 Å². The minimum Gasteiger partial charge on any atom is -0.768 e. The molecule has 1 unspecified atom stereocenters. The minimum absolute atomic E-state index is 0.157. The second kappa shape index (κ2) is 6.03. The fraction of sp³-hybridized carbons (Fsp3) is 0.417. The molecule has 7 heteroatoms. The van der Waals surface area contributed by atoms with Gasteiger partial charge in [-0.3, -0.25) is 9.00 Å².